The normalized spacial score (nSPS) is 10.9. The summed E-state index contributed by atoms with van der Waals surface area (Å²) >= 11 is 0. The van der Waals surface area contributed by atoms with Crippen LogP contribution in [-0.2, 0) is 0 Å². The second-order valence-electron chi connectivity index (χ2n) is 4.92. The lowest BCUT2D eigenvalue weighted by Crippen LogP contribution is -1.95. The zero-order valence-corrected chi connectivity index (χ0v) is 11.4. The van der Waals surface area contributed by atoms with Gasteiger partial charge in [-0.15, -0.1) is 0 Å². The molecule has 0 bridgehead atoms. The van der Waals surface area contributed by atoms with E-state index in [9.17, 15) is 0 Å². The highest BCUT2D eigenvalue weighted by Crippen LogP contribution is 2.30. The van der Waals surface area contributed by atoms with E-state index < -0.39 is 0 Å². The van der Waals surface area contributed by atoms with Gasteiger partial charge in [-0.1, -0.05) is 36.4 Å². The Bertz CT molecular complexity index is 760. The molecule has 0 N–H and O–H groups in total. The van der Waals surface area contributed by atoms with E-state index in [1.54, 1.807) is 0 Å². The highest BCUT2D eigenvalue weighted by molar-refractivity contribution is 5.97. The van der Waals surface area contributed by atoms with E-state index in [4.69, 9.17) is 0 Å². The molecule has 94 valence electrons. The summed E-state index contributed by atoms with van der Waals surface area (Å²) in [5.41, 5.74) is 5.36. The number of rotatable bonds is 1. The third-order valence-electron chi connectivity index (χ3n) is 3.46. The zero-order valence-electron chi connectivity index (χ0n) is 11.4. The van der Waals surface area contributed by atoms with Gasteiger partial charge in [0.05, 0.1) is 17.1 Å². The first-order valence-electron chi connectivity index (χ1n) is 6.46. The van der Waals surface area contributed by atoms with Gasteiger partial charge in [-0.2, -0.15) is 0 Å². The van der Waals surface area contributed by atoms with Crippen molar-refractivity contribution in [2.75, 3.05) is 0 Å². The lowest BCUT2D eigenvalue weighted by Gasteiger charge is -2.10. The average Bonchev–Trinajstić information content (AvgIpc) is 2.41. The molecule has 2 nitrogen and oxygen atoms in total. The third-order valence-corrected chi connectivity index (χ3v) is 3.46. The Hall–Kier alpha value is -2.22. The van der Waals surface area contributed by atoms with Crippen LogP contribution in [0.5, 0.6) is 0 Å². The van der Waals surface area contributed by atoms with Crippen molar-refractivity contribution >= 4 is 10.8 Å². The number of hydrogen-bond acceptors (Lipinski definition) is 2. The fourth-order valence-electron chi connectivity index (χ4n) is 2.52. The van der Waals surface area contributed by atoms with Crippen LogP contribution < -0.4 is 0 Å². The van der Waals surface area contributed by atoms with Crippen molar-refractivity contribution in [1.82, 2.24) is 9.97 Å². The molecular formula is C17H16N2. The molecule has 0 radical (unpaired) electrons. The quantitative estimate of drug-likeness (QED) is 0.644. The molecule has 3 aromatic rings. The van der Waals surface area contributed by atoms with Crippen LogP contribution in [0.25, 0.3) is 22.0 Å². The van der Waals surface area contributed by atoms with E-state index in [-0.39, 0.29) is 0 Å². The maximum Gasteiger partial charge on any atom is 0.0920 e. The predicted molar refractivity (Wildman–Crippen MR) is 79.2 cm³/mol. The number of aryl methyl sites for hydroxylation is 3. The van der Waals surface area contributed by atoms with Gasteiger partial charge in [-0.05, 0) is 37.1 Å². The minimum atomic E-state index is 0.956. The van der Waals surface area contributed by atoms with Crippen LogP contribution in [0.4, 0.5) is 0 Å². The van der Waals surface area contributed by atoms with Crippen LogP contribution >= 0.6 is 0 Å². The molecule has 3 rings (SSSR count). The van der Waals surface area contributed by atoms with Crippen LogP contribution in [-0.4, -0.2) is 9.97 Å². The Balaban J connectivity index is 2.34. The molecule has 2 aromatic carbocycles. The van der Waals surface area contributed by atoms with Gasteiger partial charge < -0.3 is 0 Å². The van der Waals surface area contributed by atoms with E-state index in [2.05, 4.69) is 53.3 Å². The first-order chi connectivity index (χ1) is 9.16. The lowest BCUT2D eigenvalue weighted by molar-refractivity contribution is 1.06. The zero-order chi connectivity index (χ0) is 13.4. The Morgan fingerprint density at radius 2 is 1.58 bits per heavy atom. The van der Waals surface area contributed by atoms with Crippen LogP contribution in [0.3, 0.4) is 0 Å². The molecule has 0 saturated heterocycles. The number of fused-ring (bicyclic) bond motifs is 1. The fourth-order valence-corrected chi connectivity index (χ4v) is 2.52. The average molecular weight is 248 g/mol. The maximum absolute atomic E-state index is 4.57. The van der Waals surface area contributed by atoms with E-state index in [0.29, 0.717) is 0 Å². The molecule has 1 heterocycles. The van der Waals surface area contributed by atoms with Gasteiger partial charge in [-0.3, -0.25) is 9.97 Å². The molecule has 1 aromatic heterocycles. The van der Waals surface area contributed by atoms with Crippen LogP contribution in [0.1, 0.15) is 17.0 Å². The molecule has 0 spiro atoms. The van der Waals surface area contributed by atoms with Crippen molar-refractivity contribution in [1.29, 1.82) is 0 Å². The van der Waals surface area contributed by atoms with Gasteiger partial charge in [-0.25, -0.2) is 0 Å². The summed E-state index contributed by atoms with van der Waals surface area (Å²) in [6, 6.07) is 12.8. The van der Waals surface area contributed by atoms with Gasteiger partial charge in [0.1, 0.15) is 0 Å². The van der Waals surface area contributed by atoms with E-state index in [1.807, 2.05) is 20.0 Å². The Morgan fingerprint density at radius 1 is 0.842 bits per heavy atom. The summed E-state index contributed by atoms with van der Waals surface area (Å²) in [5.74, 6) is 0. The maximum atomic E-state index is 4.57. The smallest absolute Gasteiger partial charge is 0.0920 e. The van der Waals surface area contributed by atoms with E-state index in [1.165, 1.54) is 16.3 Å². The third kappa shape index (κ3) is 1.99. The van der Waals surface area contributed by atoms with Gasteiger partial charge in [0.2, 0.25) is 0 Å². The highest BCUT2D eigenvalue weighted by Gasteiger charge is 2.09. The van der Waals surface area contributed by atoms with Gasteiger partial charge in [0.15, 0.2) is 0 Å². The molecule has 0 aliphatic rings. The van der Waals surface area contributed by atoms with Crippen molar-refractivity contribution in [3.05, 3.63) is 59.5 Å². The number of benzene rings is 2. The Kier molecular flexibility index (Phi) is 2.79. The van der Waals surface area contributed by atoms with E-state index >= 15 is 0 Å². The molecule has 19 heavy (non-hydrogen) atoms. The molecule has 0 fully saturated rings. The Labute approximate surface area is 113 Å². The summed E-state index contributed by atoms with van der Waals surface area (Å²) < 4.78 is 0. The first kappa shape index (κ1) is 11.8. The van der Waals surface area contributed by atoms with Crippen LogP contribution in [0, 0.1) is 20.8 Å². The summed E-state index contributed by atoms with van der Waals surface area (Å²) in [7, 11) is 0. The number of nitrogens with zero attached hydrogens (tertiary/aromatic N) is 2. The minimum Gasteiger partial charge on any atom is -0.255 e. The molecular weight excluding hydrogens is 232 g/mol. The molecule has 0 aliphatic heterocycles. The molecule has 0 saturated carbocycles. The molecule has 0 atom stereocenters. The van der Waals surface area contributed by atoms with E-state index in [0.717, 1.165) is 22.6 Å². The van der Waals surface area contributed by atoms with Gasteiger partial charge in [0.25, 0.3) is 0 Å². The summed E-state index contributed by atoms with van der Waals surface area (Å²) in [4.78, 5) is 9.08. The first-order valence-corrected chi connectivity index (χ1v) is 6.46. The Morgan fingerprint density at radius 3 is 2.32 bits per heavy atom. The van der Waals surface area contributed by atoms with Crippen molar-refractivity contribution in [2.45, 2.75) is 20.8 Å². The minimum absolute atomic E-state index is 0.956. The summed E-state index contributed by atoms with van der Waals surface area (Å²) in [5, 5.41) is 2.52. The second kappa shape index (κ2) is 4.47. The topological polar surface area (TPSA) is 25.8 Å². The highest BCUT2D eigenvalue weighted by atomic mass is 14.8. The summed E-state index contributed by atoms with van der Waals surface area (Å²) in [6.45, 7) is 6.13. The van der Waals surface area contributed by atoms with Crippen molar-refractivity contribution < 1.29 is 0 Å². The number of hydrogen-bond donors (Lipinski definition) is 0. The lowest BCUT2D eigenvalue weighted by atomic mass is 9.97. The SMILES string of the molecule is Cc1cnc(-c2ccc(C)c3ccccc23)c(C)n1. The standard InChI is InChI=1S/C17H16N2/c1-11-8-9-16(15-7-5-4-6-14(11)15)17-13(3)19-12(2)10-18-17/h4-10H,1-3H3. The predicted octanol–water partition coefficient (Wildman–Crippen LogP) is 4.22. The molecule has 0 amide bonds. The van der Waals surface area contributed by atoms with Crippen LogP contribution in [0.15, 0.2) is 42.6 Å². The van der Waals surface area contributed by atoms with Crippen LogP contribution in [0.2, 0.25) is 0 Å². The van der Waals surface area contributed by atoms with Crippen molar-refractivity contribution in [3.8, 4) is 11.3 Å². The van der Waals surface area contributed by atoms with Crippen molar-refractivity contribution in [2.24, 2.45) is 0 Å². The molecule has 2 heteroatoms. The second-order valence-corrected chi connectivity index (χ2v) is 4.92. The molecule has 0 unspecified atom stereocenters. The van der Waals surface area contributed by atoms with Crippen molar-refractivity contribution in [3.63, 3.8) is 0 Å². The fraction of sp³-hybridized carbons (Fsp3) is 0.176. The molecule has 0 aliphatic carbocycles. The van der Waals surface area contributed by atoms with Gasteiger partial charge >= 0.3 is 0 Å². The largest absolute Gasteiger partial charge is 0.255 e. The van der Waals surface area contributed by atoms with Gasteiger partial charge in [0, 0.05) is 11.8 Å². The summed E-state index contributed by atoms with van der Waals surface area (Å²) in [6.07, 6.45) is 1.83. The monoisotopic (exact) mass is 248 g/mol. The number of aromatic nitrogens is 2.